The minimum atomic E-state index is -0.128. The molecule has 3 heteroatoms. The molecule has 0 atom stereocenters. The lowest BCUT2D eigenvalue weighted by Gasteiger charge is -2.10. The Balaban J connectivity index is 3.23. The average molecular weight is 205 g/mol. The quantitative estimate of drug-likeness (QED) is 0.754. The summed E-state index contributed by atoms with van der Waals surface area (Å²) in [6.45, 7) is 6.77. The monoisotopic (exact) mass is 205 g/mol. The predicted octanol–water partition coefficient (Wildman–Crippen LogP) is 2.46. The van der Waals surface area contributed by atoms with Gasteiger partial charge in [-0.3, -0.25) is 9.59 Å². The van der Waals surface area contributed by atoms with Gasteiger partial charge in [0.2, 0.25) is 5.91 Å². The maximum atomic E-state index is 11.3. The summed E-state index contributed by atoms with van der Waals surface area (Å²) in [5, 5.41) is 2.70. The van der Waals surface area contributed by atoms with Crippen molar-refractivity contribution < 1.29 is 9.59 Å². The molecule has 0 bridgehead atoms. The van der Waals surface area contributed by atoms with Crippen LogP contribution in [0.25, 0.3) is 0 Å². The topological polar surface area (TPSA) is 46.2 Å². The number of nitrogens with one attached hydrogen (secondary N) is 1. The van der Waals surface area contributed by atoms with Crippen molar-refractivity contribution in [2.45, 2.75) is 27.7 Å². The van der Waals surface area contributed by atoms with E-state index in [9.17, 15) is 9.59 Å². The minimum absolute atomic E-state index is 0.0131. The Morgan fingerprint density at radius 1 is 1.07 bits per heavy atom. The molecule has 0 radical (unpaired) electrons. The molecule has 15 heavy (non-hydrogen) atoms. The van der Waals surface area contributed by atoms with Gasteiger partial charge in [0.15, 0.2) is 5.78 Å². The van der Waals surface area contributed by atoms with Gasteiger partial charge in [0.25, 0.3) is 0 Å². The minimum Gasteiger partial charge on any atom is -0.326 e. The summed E-state index contributed by atoms with van der Waals surface area (Å²) in [6, 6.07) is 3.64. The lowest BCUT2D eigenvalue weighted by molar-refractivity contribution is -0.114. The summed E-state index contributed by atoms with van der Waals surface area (Å²) in [5.41, 5.74) is 3.27. The Bertz CT molecular complexity index is 422. The molecule has 1 aromatic rings. The third kappa shape index (κ3) is 2.65. The van der Waals surface area contributed by atoms with Gasteiger partial charge in [-0.15, -0.1) is 0 Å². The van der Waals surface area contributed by atoms with Gasteiger partial charge in [-0.1, -0.05) is 6.07 Å². The molecule has 1 N–H and O–H groups in total. The lowest BCUT2D eigenvalue weighted by Crippen LogP contribution is -2.09. The first kappa shape index (κ1) is 11.4. The fourth-order valence-electron chi connectivity index (χ4n) is 1.56. The maximum absolute atomic E-state index is 11.3. The van der Waals surface area contributed by atoms with Crippen LogP contribution >= 0.6 is 0 Å². The fourth-order valence-corrected chi connectivity index (χ4v) is 1.56. The van der Waals surface area contributed by atoms with E-state index in [0.29, 0.717) is 11.3 Å². The summed E-state index contributed by atoms with van der Waals surface area (Å²) in [5.74, 6) is -0.115. The van der Waals surface area contributed by atoms with Gasteiger partial charge in [-0.25, -0.2) is 0 Å². The summed E-state index contributed by atoms with van der Waals surface area (Å²) in [7, 11) is 0. The van der Waals surface area contributed by atoms with Crippen LogP contribution in [0.15, 0.2) is 12.1 Å². The van der Waals surface area contributed by atoms with E-state index in [4.69, 9.17) is 0 Å². The van der Waals surface area contributed by atoms with Crippen molar-refractivity contribution in [3.05, 3.63) is 28.8 Å². The summed E-state index contributed by atoms with van der Waals surface area (Å²) >= 11 is 0. The van der Waals surface area contributed by atoms with Crippen LogP contribution in [0.4, 0.5) is 5.69 Å². The van der Waals surface area contributed by atoms with Crippen LogP contribution in [-0.2, 0) is 4.79 Å². The van der Waals surface area contributed by atoms with Gasteiger partial charge in [0.1, 0.15) is 0 Å². The van der Waals surface area contributed by atoms with E-state index in [1.54, 1.807) is 6.07 Å². The molecule has 0 heterocycles. The van der Waals surface area contributed by atoms with Crippen LogP contribution in [0.5, 0.6) is 0 Å². The number of aryl methyl sites for hydroxylation is 2. The van der Waals surface area contributed by atoms with E-state index in [0.717, 1.165) is 11.1 Å². The Kier molecular flexibility index (Phi) is 3.24. The van der Waals surface area contributed by atoms with E-state index >= 15 is 0 Å². The average Bonchev–Trinajstić information content (AvgIpc) is 2.08. The number of amides is 1. The number of Topliss-reactive ketones (excluding diaryl/α,β-unsaturated/α-hetero) is 1. The van der Waals surface area contributed by atoms with Crippen LogP contribution in [0.2, 0.25) is 0 Å². The van der Waals surface area contributed by atoms with Crippen molar-refractivity contribution in [1.29, 1.82) is 0 Å². The molecule has 0 aliphatic rings. The molecule has 0 spiro atoms. The molecule has 0 saturated heterocycles. The zero-order chi connectivity index (χ0) is 11.6. The summed E-state index contributed by atoms with van der Waals surface area (Å²) < 4.78 is 0. The maximum Gasteiger partial charge on any atom is 0.221 e. The van der Waals surface area contributed by atoms with Crippen molar-refractivity contribution in [3.8, 4) is 0 Å². The van der Waals surface area contributed by atoms with Crippen molar-refractivity contribution in [3.63, 3.8) is 0 Å². The van der Waals surface area contributed by atoms with E-state index in [-0.39, 0.29) is 11.7 Å². The second-order valence-corrected chi connectivity index (χ2v) is 3.72. The number of benzene rings is 1. The van der Waals surface area contributed by atoms with E-state index in [2.05, 4.69) is 5.32 Å². The first-order valence-corrected chi connectivity index (χ1v) is 4.81. The molecule has 0 aliphatic heterocycles. The molecule has 0 fully saturated rings. The molecule has 3 nitrogen and oxygen atoms in total. The molecular formula is C12H15NO2. The van der Waals surface area contributed by atoms with Crippen LogP contribution in [0.3, 0.4) is 0 Å². The van der Waals surface area contributed by atoms with E-state index in [1.165, 1.54) is 13.8 Å². The van der Waals surface area contributed by atoms with Crippen molar-refractivity contribution in [1.82, 2.24) is 0 Å². The third-order valence-corrected chi connectivity index (χ3v) is 2.26. The second kappa shape index (κ2) is 4.26. The zero-order valence-corrected chi connectivity index (χ0v) is 9.47. The highest BCUT2D eigenvalue weighted by Gasteiger charge is 2.08. The third-order valence-electron chi connectivity index (χ3n) is 2.26. The molecular weight excluding hydrogens is 190 g/mol. The highest BCUT2D eigenvalue weighted by molar-refractivity contribution is 5.98. The van der Waals surface area contributed by atoms with Gasteiger partial charge in [0.05, 0.1) is 0 Å². The zero-order valence-electron chi connectivity index (χ0n) is 9.47. The first-order valence-electron chi connectivity index (χ1n) is 4.81. The molecule has 1 amide bonds. The van der Waals surface area contributed by atoms with Gasteiger partial charge >= 0.3 is 0 Å². The van der Waals surface area contributed by atoms with Gasteiger partial charge < -0.3 is 5.32 Å². The summed E-state index contributed by atoms with van der Waals surface area (Å²) in [6.07, 6.45) is 0. The predicted molar refractivity (Wildman–Crippen MR) is 60.2 cm³/mol. The number of hydrogen-bond acceptors (Lipinski definition) is 2. The van der Waals surface area contributed by atoms with Crippen LogP contribution in [-0.4, -0.2) is 11.7 Å². The fraction of sp³-hybridized carbons (Fsp3) is 0.333. The standard InChI is InChI=1S/C12H15NO2/c1-7-5-8(2)12(13-10(4)15)6-11(7)9(3)14/h5-6H,1-4H3,(H,13,15). The Morgan fingerprint density at radius 3 is 2.13 bits per heavy atom. The van der Waals surface area contributed by atoms with Crippen LogP contribution in [0, 0.1) is 13.8 Å². The molecule has 1 rings (SSSR count). The van der Waals surface area contributed by atoms with Crippen LogP contribution < -0.4 is 5.32 Å². The van der Waals surface area contributed by atoms with Gasteiger partial charge in [-0.05, 0) is 38.0 Å². The number of ketones is 1. The molecule has 0 aromatic heterocycles. The van der Waals surface area contributed by atoms with E-state index in [1.807, 2.05) is 19.9 Å². The number of rotatable bonds is 2. The molecule has 1 aromatic carbocycles. The SMILES string of the molecule is CC(=O)Nc1cc(C(C)=O)c(C)cc1C. The van der Waals surface area contributed by atoms with Gasteiger partial charge in [0, 0.05) is 18.2 Å². The van der Waals surface area contributed by atoms with Crippen LogP contribution in [0.1, 0.15) is 35.3 Å². The lowest BCUT2D eigenvalue weighted by atomic mass is 10.0. The number of carbonyl (C=O) groups excluding carboxylic acids is 2. The van der Waals surface area contributed by atoms with Gasteiger partial charge in [-0.2, -0.15) is 0 Å². The highest BCUT2D eigenvalue weighted by atomic mass is 16.1. The molecule has 0 unspecified atom stereocenters. The number of anilines is 1. The molecule has 0 saturated carbocycles. The summed E-state index contributed by atoms with van der Waals surface area (Å²) in [4.78, 5) is 22.2. The van der Waals surface area contributed by atoms with Crippen molar-refractivity contribution in [2.24, 2.45) is 0 Å². The molecule has 80 valence electrons. The highest BCUT2D eigenvalue weighted by Crippen LogP contribution is 2.21. The Morgan fingerprint density at radius 2 is 1.67 bits per heavy atom. The van der Waals surface area contributed by atoms with E-state index < -0.39 is 0 Å². The largest absolute Gasteiger partial charge is 0.326 e. The first-order chi connectivity index (χ1) is 6.91. The second-order valence-electron chi connectivity index (χ2n) is 3.72. The van der Waals surface area contributed by atoms with Crippen molar-refractivity contribution >= 4 is 17.4 Å². The Hall–Kier alpha value is -1.64. The van der Waals surface area contributed by atoms with Crippen molar-refractivity contribution in [2.75, 3.05) is 5.32 Å². The number of carbonyl (C=O) groups is 2. The smallest absolute Gasteiger partial charge is 0.221 e. The normalized spacial score (nSPS) is 9.87. The molecule has 0 aliphatic carbocycles. The Labute approximate surface area is 89.5 Å². The number of hydrogen-bond donors (Lipinski definition) is 1.